The predicted octanol–water partition coefficient (Wildman–Crippen LogP) is 5.42. The Morgan fingerprint density at radius 2 is 1.86 bits per heavy atom. The van der Waals surface area contributed by atoms with Crippen LogP contribution in [0.4, 0.5) is 0 Å². The lowest BCUT2D eigenvalue weighted by Crippen LogP contribution is -2.37. The number of nitrogens with zero attached hydrogens (tertiary/aromatic N) is 3. The van der Waals surface area contributed by atoms with Crippen LogP contribution in [0.2, 0.25) is 5.02 Å². The summed E-state index contributed by atoms with van der Waals surface area (Å²) < 4.78 is 13.8. The summed E-state index contributed by atoms with van der Waals surface area (Å²) in [6.07, 6.45) is 7.16. The zero-order valence-electron chi connectivity index (χ0n) is 20.8. The first-order valence-electron chi connectivity index (χ1n) is 12.4. The van der Waals surface area contributed by atoms with Gasteiger partial charge in [-0.15, -0.1) is 0 Å². The van der Waals surface area contributed by atoms with E-state index in [9.17, 15) is 5.11 Å². The van der Waals surface area contributed by atoms with Gasteiger partial charge in [0.05, 0.1) is 23.4 Å². The van der Waals surface area contributed by atoms with Gasteiger partial charge < -0.3 is 14.6 Å². The molecule has 1 atom stereocenters. The molecule has 2 heterocycles. The monoisotopic (exact) mass is 497 g/mol. The molecule has 0 saturated carbocycles. The fourth-order valence-electron chi connectivity index (χ4n) is 4.43. The lowest BCUT2D eigenvalue weighted by atomic mass is 9.96. The summed E-state index contributed by atoms with van der Waals surface area (Å²) in [4.78, 5) is 2.40. The Labute approximate surface area is 213 Å². The Hall–Kier alpha value is -2.54. The molecular weight excluding hydrogens is 462 g/mol. The second kappa shape index (κ2) is 11.9. The van der Waals surface area contributed by atoms with Crippen LogP contribution in [0.25, 0.3) is 0 Å². The highest BCUT2D eigenvalue weighted by molar-refractivity contribution is 6.32. The third-order valence-corrected chi connectivity index (χ3v) is 6.80. The molecule has 0 unspecified atom stereocenters. The fourth-order valence-corrected chi connectivity index (χ4v) is 4.60. The van der Waals surface area contributed by atoms with Gasteiger partial charge in [-0.3, -0.25) is 9.58 Å². The summed E-state index contributed by atoms with van der Waals surface area (Å²) in [6, 6.07) is 14.1. The van der Waals surface area contributed by atoms with Crippen LogP contribution in [0.15, 0.2) is 54.9 Å². The smallest absolute Gasteiger partial charge is 0.138 e. The van der Waals surface area contributed by atoms with Crippen molar-refractivity contribution in [1.82, 2.24) is 14.7 Å². The molecule has 0 spiro atoms. The maximum Gasteiger partial charge on any atom is 0.138 e. The Balaban J connectivity index is 1.20. The molecule has 35 heavy (non-hydrogen) atoms. The van der Waals surface area contributed by atoms with Gasteiger partial charge in [-0.1, -0.05) is 29.8 Å². The zero-order chi connectivity index (χ0) is 24.7. The number of ether oxygens (including phenoxy) is 2. The first kappa shape index (κ1) is 25.5. The second-order valence-electron chi connectivity index (χ2n) is 9.70. The number of rotatable bonds is 10. The van der Waals surface area contributed by atoms with E-state index in [-0.39, 0.29) is 6.61 Å². The van der Waals surface area contributed by atoms with E-state index >= 15 is 0 Å². The molecule has 4 rings (SSSR count). The average Bonchev–Trinajstić information content (AvgIpc) is 3.17. The highest BCUT2D eigenvalue weighted by Crippen LogP contribution is 2.29. The molecule has 0 bridgehead atoms. The minimum Gasteiger partial charge on any atom is -0.494 e. The summed E-state index contributed by atoms with van der Waals surface area (Å²) in [7, 11) is 0. The number of aliphatic hydroxyl groups is 1. The molecule has 0 aliphatic carbocycles. The fraction of sp³-hybridized carbons (Fsp3) is 0.464. The van der Waals surface area contributed by atoms with Gasteiger partial charge in [0.15, 0.2) is 0 Å². The molecule has 1 saturated heterocycles. The number of halogens is 1. The number of hydrogen-bond acceptors (Lipinski definition) is 5. The summed E-state index contributed by atoms with van der Waals surface area (Å²) >= 11 is 6.25. The van der Waals surface area contributed by atoms with Crippen LogP contribution in [0.1, 0.15) is 42.4 Å². The van der Waals surface area contributed by atoms with E-state index in [1.807, 2.05) is 61.3 Å². The SMILES string of the molecule is Cc1ccc(Cl)c(OC[C@@]2(O)CCCN(Cc3ccc(OCCCn4cc(C)cn4)cc3)CC2)c1. The zero-order valence-corrected chi connectivity index (χ0v) is 21.5. The van der Waals surface area contributed by atoms with E-state index in [0.29, 0.717) is 23.8 Å². The van der Waals surface area contributed by atoms with Gasteiger partial charge in [0, 0.05) is 32.3 Å². The summed E-state index contributed by atoms with van der Waals surface area (Å²) in [6.45, 7) is 8.48. The van der Waals surface area contributed by atoms with Crippen molar-refractivity contribution in [2.45, 2.75) is 58.2 Å². The molecule has 1 aliphatic heterocycles. The van der Waals surface area contributed by atoms with Crippen LogP contribution in [-0.2, 0) is 13.1 Å². The van der Waals surface area contributed by atoms with Crippen LogP contribution in [0.5, 0.6) is 11.5 Å². The van der Waals surface area contributed by atoms with Crippen molar-refractivity contribution in [3.63, 3.8) is 0 Å². The first-order valence-corrected chi connectivity index (χ1v) is 12.8. The molecule has 1 aliphatic rings. The number of aryl methyl sites for hydroxylation is 3. The number of aromatic nitrogens is 2. The van der Waals surface area contributed by atoms with Crippen molar-refractivity contribution in [3.05, 3.63) is 76.6 Å². The Morgan fingerprint density at radius 3 is 2.63 bits per heavy atom. The van der Waals surface area contributed by atoms with Crippen molar-refractivity contribution in [2.75, 3.05) is 26.3 Å². The summed E-state index contributed by atoms with van der Waals surface area (Å²) in [5, 5.41) is 16.0. The molecule has 1 N–H and O–H groups in total. The quantitative estimate of drug-likeness (QED) is 0.379. The minimum atomic E-state index is -0.839. The molecular formula is C28H36ClN3O3. The standard InChI is InChI=1S/C28H36ClN3O3/c1-22-5-10-26(29)27(17-22)35-21-28(33)11-3-13-31(15-12-28)20-24-6-8-25(9-7-24)34-16-4-14-32-19-23(2)18-30-32/h5-10,17-19,33H,3-4,11-16,20-21H2,1-2H3/t28-/m1/s1. The lowest BCUT2D eigenvalue weighted by Gasteiger charge is -2.27. The third-order valence-electron chi connectivity index (χ3n) is 6.49. The van der Waals surface area contributed by atoms with Gasteiger partial charge in [0.2, 0.25) is 0 Å². The molecule has 7 heteroatoms. The van der Waals surface area contributed by atoms with Crippen molar-refractivity contribution in [1.29, 1.82) is 0 Å². The molecule has 2 aromatic carbocycles. The maximum atomic E-state index is 11.2. The largest absolute Gasteiger partial charge is 0.494 e. The number of benzene rings is 2. The Morgan fingerprint density at radius 1 is 1.03 bits per heavy atom. The Kier molecular flexibility index (Phi) is 8.71. The van der Waals surface area contributed by atoms with E-state index in [1.165, 1.54) is 11.1 Å². The van der Waals surface area contributed by atoms with Crippen LogP contribution in [0, 0.1) is 13.8 Å². The molecule has 188 valence electrons. The molecule has 1 aromatic heterocycles. The van der Waals surface area contributed by atoms with Gasteiger partial charge >= 0.3 is 0 Å². The summed E-state index contributed by atoms with van der Waals surface area (Å²) in [5.74, 6) is 1.53. The van der Waals surface area contributed by atoms with Gasteiger partial charge in [-0.25, -0.2) is 0 Å². The van der Waals surface area contributed by atoms with Crippen molar-refractivity contribution in [2.24, 2.45) is 0 Å². The van der Waals surface area contributed by atoms with Gasteiger partial charge in [-0.2, -0.15) is 5.10 Å². The van der Waals surface area contributed by atoms with Crippen molar-refractivity contribution in [3.8, 4) is 11.5 Å². The molecule has 1 fully saturated rings. The topological polar surface area (TPSA) is 59.8 Å². The van der Waals surface area contributed by atoms with Gasteiger partial charge in [-0.05, 0) is 80.6 Å². The molecule has 6 nitrogen and oxygen atoms in total. The van der Waals surface area contributed by atoms with E-state index < -0.39 is 5.60 Å². The van der Waals surface area contributed by atoms with E-state index in [4.69, 9.17) is 21.1 Å². The van der Waals surface area contributed by atoms with Crippen LogP contribution >= 0.6 is 11.6 Å². The molecule has 3 aromatic rings. The Bertz CT molecular complexity index is 1090. The van der Waals surface area contributed by atoms with Crippen molar-refractivity contribution >= 4 is 11.6 Å². The highest BCUT2D eigenvalue weighted by atomic mass is 35.5. The van der Waals surface area contributed by atoms with E-state index in [1.54, 1.807) is 0 Å². The predicted molar refractivity (Wildman–Crippen MR) is 139 cm³/mol. The maximum absolute atomic E-state index is 11.2. The van der Waals surface area contributed by atoms with Crippen molar-refractivity contribution < 1.29 is 14.6 Å². The number of likely N-dealkylation sites (tertiary alicyclic amines) is 1. The van der Waals surface area contributed by atoms with Gasteiger partial charge in [0.25, 0.3) is 0 Å². The van der Waals surface area contributed by atoms with Crippen LogP contribution in [-0.4, -0.2) is 51.7 Å². The average molecular weight is 498 g/mol. The third kappa shape index (κ3) is 7.72. The first-order chi connectivity index (χ1) is 16.9. The van der Waals surface area contributed by atoms with Crippen LogP contribution < -0.4 is 9.47 Å². The number of hydrogen-bond donors (Lipinski definition) is 1. The van der Waals surface area contributed by atoms with Gasteiger partial charge in [0.1, 0.15) is 18.1 Å². The molecule has 0 amide bonds. The molecule has 0 radical (unpaired) electrons. The highest BCUT2D eigenvalue weighted by Gasteiger charge is 2.31. The van der Waals surface area contributed by atoms with Crippen LogP contribution in [0.3, 0.4) is 0 Å². The summed E-state index contributed by atoms with van der Waals surface area (Å²) in [5.41, 5.74) is 2.67. The normalized spacial score (nSPS) is 18.9. The minimum absolute atomic E-state index is 0.260. The lowest BCUT2D eigenvalue weighted by molar-refractivity contribution is -0.0168. The second-order valence-corrected chi connectivity index (χ2v) is 10.1. The van der Waals surface area contributed by atoms with E-state index in [2.05, 4.69) is 22.1 Å². The van der Waals surface area contributed by atoms with E-state index in [0.717, 1.165) is 56.8 Å².